The SMILES string of the molecule is Clc1cccc(Nc2nccc(-c3cnc4ccccn34)n2)c1. The number of pyridine rings is 1. The molecule has 0 aliphatic heterocycles. The van der Waals surface area contributed by atoms with Gasteiger partial charge in [0.1, 0.15) is 5.65 Å². The van der Waals surface area contributed by atoms with Crippen molar-refractivity contribution >= 4 is 28.9 Å². The van der Waals surface area contributed by atoms with Gasteiger partial charge in [-0.1, -0.05) is 23.7 Å². The zero-order chi connectivity index (χ0) is 15.6. The number of imidazole rings is 1. The molecular weight excluding hydrogens is 310 g/mol. The summed E-state index contributed by atoms with van der Waals surface area (Å²) in [4.78, 5) is 13.2. The highest BCUT2D eigenvalue weighted by atomic mass is 35.5. The lowest BCUT2D eigenvalue weighted by Gasteiger charge is -2.07. The zero-order valence-electron chi connectivity index (χ0n) is 12.0. The summed E-state index contributed by atoms with van der Waals surface area (Å²) in [6, 6.07) is 15.2. The Bertz CT molecular complexity index is 979. The third kappa shape index (κ3) is 2.74. The Morgan fingerprint density at radius 2 is 1.96 bits per heavy atom. The monoisotopic (exact) mass is 321 g/mol. The Labute approximate surface area is 137 Å². The van der Waals surface area contributed by atoms with Crippen LogP contribution in [0.2, 0.25) is 5.02 Å². The molecule has 0 fully saturated rings. The molecule has 1 N–H and O–H groups in total. The Hall–Kier alpha value is -2.92. The predicted molar refractivity (Wildman–Crippen MR) is 91.0 cm³/mol. The van der Waals surface area contributed by atoms with Crippen molar-refractivity contribution in [1.29, 1.82) is 0 Å². The van der Waals surface area contributed by atoms with Crippen LogP contribution in [-0.4, -0.2) is 19.4 Å². The molecule has 5 nitrogen and oxygen atoms in total. The minimum absolute atomic E-state index is 0.510. The van der Waals surface area contributed by atoms with E-state index in [4.69, 9.17) is 11.6 Å². The van der Waals surface area contributed by atoms with Crippen LogP contribution in [0, 0.1) is 0 Å². The van der Waals surface area contributed by atoms with Gasteiger partial charge in [0.25, 0.3) is 0 Å². The first-order valence-electron chi connectivity index (χ1n) is 7.08. The number of aromatic nitrogens is 4. The lowest BCUT2D eigenvalue weighted by molar-refractivity contribution is 1.13. The van der Waals surface area contributed by atoms with Crippen LogP contribution >= 0.6 is 11.6 Å². The van der Waals surface area contributed by atoms with Gasteiger partial charge >= 0.3 is 0 Å². The molecule has 0 saturated heterocycles. The zero-order valence-corrected chi connectivity index (χ0v) is 12.8. The van der Waals surface area contributed by atoms with Crippen LogP contribution < -0.4 is 5.32 Å². The van der Waals surface area contributed by atoms with Gasteiger partial charge in [0.05, 0.1) is 17.6 Å². The van der Waals surface area contributed by atoms with Gasteiger partial charge in [-0.25, -0.2) is 15.0 Å². The van der Waals surface area contributed by atoms with E-state index in [0.717, 1.165) is 22.7 Å². The van der Waals surface area contributed by atoms with E-state index < -0.39 is 0 Å². The summed E-state index contributed by atoms with van der Waals surface area (Å²) in [5, 5.41) is 3.82. The second-order valence-electron chi connectivity index (χ2n) is 4.97. The number of anilines is 2. The second-order valence-corrected chi connectivity index (χ2v) is 5.41. The Morgan fingerprint density at radius 1 is 1.00 bits per heavy atom. The number of rotatable bonds is 3. The molecule has 4 rings (SSSR count). The molecule has 0 radical (unpaired) electrons. The third-order valence-electron chi connectivity index (χ3n) is 3.42. The first-order valence-corrected chi connectivity index (χ1v) is 7.45. The number of hydrogen-bond donors (Lipinski definition) is 1. The maximum Gasteiger partial charge on any atom is 0.227 e. The van der Waals surface area contributed by atoms with Crippen molar-refractivity contribution < 1.29 is 0 Å². The number of fused-ring (bicyclic) bond motifs is 1. The molecule has 0 saturated carbocycles. The van der Waals surface area contributed by atoms with Crippen LogP contribution in [0.25, 0.3) is 17.0 Å². The second kappa shape index (κ2) is 5.70. The van der Waals surface area contributed by atoms with E-state index in [2.05, 4.69) is 20.3 Å². The van der Waals surface area contributed by atoms with Crippen LogP contribution in [0.1, 0.15) is 0 Å². The van der Waals surface area contributed by atoms with E-state index in [1.54, 1.807) is 12.4 Å². The van der Waals surface area contributed by atoms with E-state index in [9.17, 15) is 0 Å². The van der Waals surface area contributed by atoms with Crippen LogP contribution in [0.15, 0.2) is 67.1 Å². The van der Waals surface area contributed by atoms with Crippen molar-refractivity contribution in [3.8, 4) is 11.4 Å². The molecule has 4 aromatic rings. The standard InChI is InChI=1S/C17H12ClN5/c18-12-4-3-5-13(10-12)21-17-19-8-7-14(22-17)15-11-20-16-6-1-2-9-23(15)16/h1-11H,(H,19,21,22). The van der Waals surface area contributed by atoms with E-state index in [-0.39, 0.29) is 0 Å². The normalized spacial score (nSPS) is 10.8. The lowest BCUT2D eigenvalue weighted by Crippen LogP contribution is -1.98. The van der Waals surface area contributed by atoms with Crippen molar-refractivity contribution in [2.45, 2.75) is 0 Å². The first-order chi connectivity index (χ1) is 11.3. The minimum atomic E-state index is 0.510. The van der Waals surface area contributed by atoms with Crippen molar-refractivity contribution in [3.05, 3.63) is 72.1 Å². The summed E-state index contributed by atoms with van der Waals surface area (Å²) >= 11 is 6.00. The molecule has 0 spiro atoms. The number of nitrogens with one attached hydrogen (secondary N) is 1. The van der Waals surface area contributed by atoms with Crippen molar-refractivity contribution in [2.75, 3.05) is 5.32 Å². The van der Waals surface area contributed by atoms with E-state index in [1.165, 1.54) is 0 Å². The van der Waals surface area contributed by atoms with Gasteiger partial charge in [0.15, 0.2) is 0 Å². The average Bonchev–Trinajstić information content (AvgIpc) is 2.99. The average molecular weight is 322 g/mol. The third-order valence-corrected chi connectivity index (χ3v) is 3.65. The van der Waals surface area contributed by atoms with Gasteiger partial charge in [-0.15, -0.1) is 0 Å². The van der Waals surface area contributed by atoms with Crippen LogP contribution in [0.5, 0.6) is 0 Å². The molecule has 0 atom stereocenters. The highest BCUT2D eigenvalue weighted by molar-refractivity contribution is 6.30. The van der Waals surface area contributed by atoms with Gasteiger partial charge in [0, 0.05) is 23.1 Å². The largest absolute Gasteiger partial charge is 0.324 e. The number of benzene rings is 1. The van der Waals surface area contributed by atoms with Gasteiger partial charge in [-0.2, -0.15) is 0 Å². The van der Waals surface area contributed by atoms with Crippen molar-refractivity contribution in [1.82, 2.24) is 19.4 Å². The lowest BCUT2D eigenvalue weighted by atomic mass is 10.3. The summed E-state index contributed by atoms with van der Waals surface area (Å²) in [5.74, 6) is 0.510. The molecule has 0 unspecified atom stereocenters. The molecular formula is C17H12ClN5. The van der Waals surface area contributed by atoms with Gasteiger partial charge < -0.3 is 5.32 Å². The number of hydrogen-bond acceptors (Lipinski definition) is 4. The Morgan fingerprint density at radius 3 is 2.87 bits per heavy atom. The number of nitrogens with zero attached hydrogens (tertiary/aromatic N) is 4. The summed E-state index contributed by atoms with van der Waals surface area (Å²) in [7, 11) is 0. The quantitative estimate of drug-likeness (QED) is 0.614. The smallest absolute Gasteiger partial charge is 0.227 e. The molecule has 3 aromatic heterocycles. The topological polar surface area (TPSA) is 55.1 Å². The molecule has 6 heteroatoms. The van der Waals surface area contributed by atoms with E-state index >= 15 is 0 Å². The van der Waals surface area contributed by atoms with E-state index in [1.807, 2.05) is 59.1 Å². The fraction of sp³-hybridized carbons (Fsp3) is 0. The summed E-state index contributed by atoms with van der Waals surface area (Å²) in [5.41, 5.74) is 3.43. The van der Waals surface area contributed by atoms with Gasteiger partial charge in [-0.3, -0.25) is 4.40 Å². The highest BCUT2D eigenvalue weighted by Crippen LogP contribution is 2.22. The van der Waals surface area contributed by atoms with E-state index in [0.29, 0.717) is 11.0 Å². The molecule has 3 heterocycles. The minimum Gasteiger partial charge on any atom is -0.324 e. The van der Waals surface area contributed by atoms with Gasteiger partial charge in [-0.05, 0) is 36.4 Å². The van der Waals surface area contributed by atoms with Crippen LogP contribution in [-0.2, 0) is 0 Å². The summed E-state index contributed by atoms with van der Waals surface area (Å²) < 4.78 is 1.99. The molecule has 23 heavy (non-hydrogen) atoms. The molecule has 1 aromatic carbocycles. The fourth-order valence-electron chi connectivity index (χ4n) is 2.38. The van der Waals surface area contributed by atoms with Crippen molar-refractivity contribution in [2.24, 2.45) is 0 Å². The van der Waals surface area contributed by atoms with Gasteiger partial charge in [0.2, 0.25) is 5.95 Å². The summed E-state index contributed by atoms with van der Waals surface area (Å²) in [6.45, 7) is 0. The molecule has 0 aliphatic carbocycles. The first kappa shape index (κ1) is 13.7. The highest BCUT2D eigenvalue weighted by Gasteiger charge is 2.08. The maximum absolute atomic E-state index is 6.00. The molecule has 112 valence electrons. The van der Waals surface area contributed by atoms with Crippen molar-refractivity contribution in [3.63, 3.8) is 0 Å². The Kier molecular flexibility index (Phi) is 3.40. The molecule has 0 bridgehead atoms. The predicted octanol–water partition coefficient (Wildman–Crippen LogP) is 4.19. The maximum atomic E-state index is 6.00. The molecule has 0 amide bonds. The number of halogens is 1. The molecule has 0 aliphatic rings. The fourth-order valence-corrected chi connectivity index (χ4v) is 2.57. The Balaban J connectivity index is 1.71. The summed E-state index contributed by atoms with van der Waals surface area (Å²) in [6.07, 6.45) is 5.49. The van der Waals surface area contributed by atoms with Crippen LogP contribution in [0.4, 0.5) is 11.6 Å². The van der Waals surface area contributed by atoms with Crippen LogP contribution in [0.3, 0.4) is 0 Å².